The normalized spacial score (nSPS) is 14.2. The second kappa shape index (κ2) is 7.15. The summed E-state index contributed by atoms with van der Waals surface area (Å²) >= 11 is 0. The summed E-state index contributed by atoms with van der Waals surface area (Å²) in [6.07, 6.45) is 2.23. The number of carboxylic acids is 1. The third kappa shape index (κ3) is 4.36. The molecule has 0 atom stereocenters. The zero-order chi connectivity index (χ0) is 19.8. The van der Waals surface area contributed by atoms with Crippen LogP contribution in [0.2, 0.25) is 0 Å². The highest BCUT2D eigenvalue weighted by Crippen LogP contribution is 2.41. The molecule has 0 spiro atoms. The van der Waals surface area contributed by atoms with Gasteiger partial charge in [0.1, 0.15) is 0 Å². The maximum atomic E-state index is 12.7. The lowest BCUT2D eigenvalue weighted by atomic mass is 10.1. The summed E-state index contributed by atoms with van der Waals surface area (Å²) in [7, 11) is 1.53. The highest BCUT2D eigenvalue weighted by molar-refractivity contribution is 6.03. The summed E-state index contributed by atoms with van der Waals surface area (Å²) in [4.78, 5) is 24.1. The molecule has 1 aromatic heterocycles. The van der Waals surface area contributed by atoms with Crippen LogP contribution in [0.15, 0.2) is 24.3 Å². The van der Waals surface area contributed by atoms with Crippen LogP contribution in [-0.4, -0.2) is 33.9 Å². The van der Waals surface area contributed by atoms with Crippen molar-refractivity contribution in [3.05, 3.63) is 46.8 Å². The summed E-state index contributed by atoms with van der Waals surface area (Å²) in [5.41, 5.74) is 2.37. The Bertz CT molecular complexity index is 876. The molecule has 0 bridgehead atoms. The molecule has 1 saturated carbocycles. The molecule has 0 unspecified atom stereocenters. The number of hydrogen-bond donors (Lipinski definition) is 2. The Morgan fingerprint density at radius 2 is 1.96 bits per heavy atom. The van der Waals surface area contributed by atoms with Gasteiger partial charge in [0.2, 0.25) is 0 Å². The minimum absolute atomic E-state index is 0.0961. The molecule has 1 heterocycles. The van der Waals surface area contributed by atoms with E-state index in [0.717, 1.165) is 18.5 Å². The SMILES string of the molecule is COCc1cc(NC(=O)c2cc(C3CC3)n(C(C)(C)C)n2)cc(C(=O)O)c1. The lowest BCUT2D eigenvalue weighted by Gasteiger charge is -2.22. The molecule has 1 aliphatic carbocycles. The van der Waals surface area contributed by atoms with Crippen LogP contribution in [0.4, 0.5) is 5.69 Å². The fourth-order valence-corrected chi connectivity index (χ4v) is 3.05. The first-order valence-corrected chi connectivity index (χ1v) is 8.97. The monoisotopic (exact) mass is 371 g/mol. The van der Waals surface area contributed by atoms with Gasteiger partial charge in [-0.2, -0.15) is 5.10 Å². The topological polar surface area (TPSA) is 93.5 Å². The number of nitrogens with zero attached hydrogens (tertiary/aromatic N) is 2. The highest BCUT2D eigenvalue weighted by atomic mass is 16.5. The third-order valence-corrected chi connectivity index (χ3v) is 4.41. The minimum atomic E-state index is -1.06. The van der Waals surface area contributed by atoms with Crippen LogP contribution in [0.5, 0.6) is 0 Å². The van der Waals surface area contributed by atoms with Crippen LogP contribution in [0, 0.1) is 0 Å². The van der Waals surface area contributed by atoms with Crippen molar-refractivity contribution in [2.45, 2.75) is 51.7 Å². The van der Waals surface area contributed by atoms with Gasteiger partial charge in [0.25, 0.3) is 5.91 Å². The summed E-state index contributed by atoms with van der Waals surface area (Å²) in [5, 5.41) is 16.6. The first-order valence-electron chi connectivity index (χ1n) is 8.97. The van der Waals surface area contributed by atoms with E-state index in [1.165, 1.54) is 19.2 Å². The first-order chi connectivity index (χ1) is 12.7. The molecule has 7 nitrogen and oxygen atoms in total. The van der Waals surface area contributed by atoms with Gasteiger partial charge >= 0.3 is 5.97 Å². The molecular weight excluding hydrogens is 346 g/mol. The number of aromatic nitrogens is 2. The van der Waals surface area contributed by atoms with Crippen LogP contribution in [0.25, 0.3) is 0 Å². The maximum absolute atomic E-state index is 12.7. The molecule has 7 heteroatoms. The van der Waals surface area contributed by atoms with Crippen molar-refractivity contribution < 1.29 is 19.4 Å². The number of carboxylic acid groups (broad SMARTS) is 1. The van der Waals surface area contributed by atoms with Gasteiger partial charge in [0, 0.05) is 24.4 Å². The Hall–Kier alpha value is -2.67. The van der Waals surface area contributed by atoms with Crippen LogP contribution in [-0.2, 0) is 16.9 Å². The predicted octanol–water partition coefficient (Wildman–Crippen LogP) is 3.61. The van der Waals surface area contributed by atoms with Crippen molar-refractivity contribution in [2.75, 3.05) is 12.4 Å². The number of ether oxygens (including phenoxy) is 1. The second-order valence-electron chi connectivity index (χ2n) is 7.92. The molecule has 1 aromatic carbocycles. The van der Waals surface area contributed by atoms with E-state index in [-0.39, 0.29) is 23.6 Å². The minimum Gasteiger partial charge on any atom is -0.478 e. The van der Waals surface area contributed by atoms with Gasteiger partial charge in [0.05, 0.1) is 17.7 Å². The van der Waals surface area contributed by atoms with Crippen molar-refractivity contribution >= 4 is 17.6 Å². The number of rotatable bonds is 6. The van der Waals surface area contributed by atoms with E-state index >= 15 is 0 Å². The molecule has 1 amide bonds. The van der Waals surface area contributed by atoms with Crippen molar-refractivity contribution in [2.24, 2.45) is 0 Å². The number of amides is 1. The lowest BCUT2D eigenvalue weighted by Crippen LogP contribution is -2.25. The number of anilines is 1. The lowest BCUT2D eigenvalue weighted by molar-refractivity contribution is 0.0696. The Balaban J connectivity index is 1.88. The zero-order valence-electron chi connectivity index (χ0n) is 16.1. The van der Waals surface area contributed by atoms with E-state index in [0.29, 0.717) is 22.9 Å². The van der Waals surface area contributed by atoms with Crippen LogP contribution < -0.4 is 5.32 Å². The number of hydrogen-bond acceptors (Lipinski definition) is 4. The molecule has 27 heavy (non-hydrogen) atoms. The number of aromatic carboxylic acids is 1. The fourth-order valence-electron chi connectivity index (χ4n) is 3.05. The number of nitrogens with one attached hydrogen (secondary N) is 1. The average molecular weight is 371 g/mol. The van der Waals surface area contributed by atoms with Crippen molar-refractivity contribution in [3.63, 3.8) is 0 Å². The standard InChI is InChI=1S/C20H25N3O4/c1-20(2,3)23-17(13-5-6-13)10-16(22-23)18(24)21-15-8-12(11-27-4)7-14(9-15)19(25)26/h7-10,13H,5-6,11H2,1-4H3,(H,21,24)(H,25,26). The predicted molar refractivity (Wildman–Crippen MR) is 101 cm³/mol. The smallest absolute Gasteiger partial charge is 0.335 e. The van der Waals surface area contributed by atoms with Gasteiger partial charge in [-0.15, -0.1) is 0 Å². The fraction of sp³-hybridized carbons (Fsp3) is 0.450. The van der Waals surface area contributed by atoms with E-state index in [1.54, 1.807) is 6.07 Å². The summed E-state index contributed by atoms with van der Waals surface area (Å²) in [6, 6.07) is 6.51. The van der Waals surface area contributed by atoms with E-state index in [4.69, 9.17) is 4.74 Å². The first kappa shape index (κ1) is 19.1. The Morgan fingerprint density at radius 1 is 1.26 bits per heavy atom. The molecule has 0 aliphatic heterocycles. The molecule has 144 valence electrons. The molecule has 0 radical (unpaired) electrons. The molecular formula is C20H25N3O4. The highest BCUT2D eigenvalue weighted by Gasteiger charge is 2.32. The molecule has 2 aromatic rings. The van der Waals surface area contributed by atoms with Gasteiger partial charge in [-0.3, -0.25) is 9.48 Å². The zero-order valence-corrected chi connectivity index (χ0v) is 16.1. The number of carbonyl (C=O) groups is 2. The number of methoxy groups -OCH3 is 1. The quantitative estimate of drug-likeness (QED) is 0.809. The van der Waals surface area contributed by atoms with Gasteiger partial charge in [-0.25, -0.2) is 4.79 Å². The van der Waals surface area contributed by atoms with Crippen molar-refractivity contribution in [3.8, 4) is 0 Å². The Morgan fingerprint density at radius 3 is 2.52 bits per heavy atom. The van der Waals surface area contributed by atoms with E-state index in [9.17, 15) is 14.7 Å². The molecule has 1 aliphatic rings. The molecule has 3 rings (SSSR count). The van der Waals surface area contributed by atoms with Gasteiger partial charge in [0.15, 0.2) is 5.69 Å². The number of carbonyl (C=O) groups excluding carboxylic acids is 1. The van der Waals surface area contributed by atoms with E-state index in [1.807, 2.05) is 10.7 Å². The van der Waals surface area contributed by atoms with Gasteiger partial charge in [-0.1, -0.05) is 0 Å². The van der Waals surface area contributed by atoms with Gasteiger partial charge < -0.3 is 15.2 Å². The summed E-state index contributed by atoms with van der Waals surface area (Å²) < 4.78 is 7.00. The Kier molecular flexibility index (Phi) is 5.06. The van der Waals surface area contributed by atoms with E-state index in [2.05, 4.69) is 31.2 Å². The maximum Gasteiger partial charge on any atom is 0.335 e. The molecule has 1 fully saturated rings. The summed E-state index contributed by atoms with van der Waals surface area (Å²) in [5.74, 6) is -0.954. The number of benzene rings is 1. The third-order valence-electron chi connectivity index (χ3n) is 4.41. The Labute approximate surface area is 158 Å². The van der Waals surface area contributed by atoms with Crippen molar-refractivity contribution in [1.29, 1.82) is 0 Å². The van der Waals surface area contributed by atoms with Crippen molar-refractivity contribution in [1.82, 2.24) is 9.78 Å². The second-order valence-corrected chi connectivity index (χ2v) is 7.92. The van der Waals surface area contributed by atoms with Crippen LogP contribution >= 0.6 is 0 Å². The van der Waals surface area contributed by atoms with Crippen LogP contribution in [0.1, 0.15) is 71.6 Å². The molecule has 2 N–H and O–H groups in total. The van der Waals surface area contributed by atoms with Crippen LogP contribution in [0.3, 0.4) is 0 Å². The largest absolute Gasteiger partial charge is 0.478 e. The average Bonchev–Trinajstić information content (AvgIpc) is 3.31. The summed E-state index contributed by atoms with van der Waals surface area (Å²) in [6.45, 7) is 6.43. The van der Waals surface area contributed by atoms with E-state index < -0.39 is 5.97 Å². The molecule has 0 saturated heterocycles. The van der Waals surface area contributed by atoms with Gasteiger partial charge in [-0.05, 0) is 63.4 Å².